The predicted molar refractivity (Wildman–Crippen MR) is 98.2 cm³/mol. The molecule has 1 rings (SSSR count). The van der Waals surface area contributed by atoms with Gasteiger partial charge >= 0.3 is 0 Å². The Morgan fingerprint density at radius 3 is 2.36 bits per heavy atom. The number of rotatable bonds is 10. The van der Waals surface area contributed by atoms with E-state index in [1.165, 1.54) is 0 Å². The van der Waals surface area contributed by atoms with Crippen molar-refractivity contribution in [3.8, 4) is 11.5 Å². The van der Waals surface area contributed by atoms with Crippen LogP contribution in [-0.2, 0) is 9.59 Å². The van der Waals surface area contributed by atoms with E-state index in [0.29, 0.717) is 36.9 Å². The smallest absolute Gasteiger partial charge is 0.238 e. The summed E-state index contributed by atoms with van der Waals surface area (Å²) >= 11 is 0. The third-order valence-electron chi connectivity index (χ3n) is 3.61. The van der Waals surface area contributed by atoms with E-state index in [-0.39, 0.29) is 24.4 Å². The highest BCUT2D eigenvalue weighted by Crippen LogP contribution is 2.30. The SMILES string of the molecule is CCNC(=O)[C@H](C)N(C)CC(=O)Nc1ccc(OCC)c(OCC)c1. The molecule has 7 nitrogen and oxygen atoms in total. The Morgan fingerprint density at radius 2 is 1.76 bits per heavy atom. The third kappa shape index (κ3) is 6.62. The normalized spacial score (nSPS) is 11.8. The van der Waals surface area contributed by atoms with Crippen molar-refractivity contribution in [2.75, 3.05) is 38.7 Å². The number of hydrogen-bond acceptors (Lipinski definition) is 5. The number of ether oxygens (including phenoxy) is 2. The average molecular weight is 351 g/mol. The van der Waals surface area contributed by atoms with Crippen molar-refractivity contribution in [1.29, 1.82) is 0 Å². The fraction of sp³-hybridized carbons (Fsp3) is 0.556. The van der Waals surface area contributed by atoms with Crippen LogP contribution >= 0.6 is 0 Å². The van der Waals surface area contributed by atoms with Gasteiger partial charge in [-0.1, -0.05) is 0 Å². The molecule has 0 saturated heterocycles. The first-order valence-electron chi connectivity index (χ1n) is 8.60. The molecule has 0 aromatic heterocycles. The molecule has 140 valence electrons. The van der Waals surface area contributed by atoms with Crippen LogP contribution in [0.2, 0.25) is 0 Å². The number of nitrogens with one attached hydrogen (secondary N) is 2. The molecule has 2 amide bonds. The number of benzene rings is 1. The van der Waals surface area contributed by atoms with Crippen LogP contribution in [-0.4, -0.2) is 56.1 Å². The topological polar surface area (TPSA) is 79.9 Å². The largest absolute Gasteiger partial charge is 0.490 e. The lowest BCUT2D eigenvalue weighted by atomic mass is 10.2. The van der Waals surface area contributed by atoms with Crippen LogP contribution in [0.15, 0.2) is 18.2 Å². The van der Waals surface area contributed by atoms with Gasteiger partial charge in [-0.2, -0.15) is 0 Å². The number of anilines is 1. The van der Waals surface area contributed by atoms with Gasteiger partial charge in [0.25, 0.3) is 0 Å². The van der Waals surface area contributed by atoms with E-state index in [9.17, 15) is 9.59 Å². The molecule has 0 unspecified atom stereocenters. The Kier molecular flexibility index (Phi) is 8.77. The summed E-state index contributed by atoms with van der Waals surface area (Å²) < 4.78 is 11.1. The van der Waals surface area contributed by atoms with Crippen molar-refractivity contribution in [2.45, 2.75) is 33.7 Å². The standard InChI is InChI=1S/C18H29N3O4/c1-6-19-18(23)13(4)21(5)12-17(22)20-14-9-10-15(24-7-2)16(11-14)25-8-3/h9-11,13H,6-8,12H2,1-5H3,(H,19,23)(H,20,22)/t13-/m0/s1. The molecule has 2 N–H and O–H groups in total. The molecule has 25 heavy (non-hydrogen) atoms. The molecule has 0 spiro atoms. The monoisotopic (exact) mass is 351 g/mol. The van der Waals surface area contributed by atoms with Gasteiger partial charge in [0.15, 0.2) is 11.5 Å². The maximum Gasteiger partial charge on any atom is 0.238 e. The maximum atomic E-state index is 12.2. The van der Waals surface area contributed by atoms with E-state index >= 15 is 0 Å². The molecule has 0 aliphatic carbocycles. The van der Waals surface area contributed by atoms with Crippen molar-refractivity contribution in [3.63, 3.8) is 0 Å². The summed E-state index contributed by atoms with van der Waals surface area (Å²) in [5.74, 6) is 0.929. The van der Waals surface area contributed by atoms with Gasteiger partial charge in [0, 0.05) is 18.3 Å². The molecule has 1 aromatic rings. The molecule has 0 fully saturated rings. The van der Waals surface area contributed by atoms with E-state index in [1.54, 1.807) is 37.1 Å². The maximum absolute atomic E-state index is 12.2. The minimum Gasteiger partial charge on any atom is -0.490 e. The third-order valence-corrected chi connectivity index (χ3v) is 3.61. The first kappa shape index (κ1) is 20.8. The molecular weight excluding hydrogens is 322 g/mol. The summed E-state index contributed by atoms with van der Waals surface area (Å²) in [7, 11) is 1.74. The first-order valence-corrected chi connectivity index (χ1v) is 8.60. The zero-order valence-corrected chi connectivity index (χ0v) is 15.7. The number of amides is 2. The molecule has 0 saturated carbocycles. The second kappa shape index (κ2) is 10.6. The fourth-order valence-corrected chi connectivity index (χ4v) is 2.21. The Balaban J connectivity index is 2.70. The summed E-state index contributed by atoms with van der Waals surface area (Å²) in [6, 6.07) is 4.88. The Labute approximate surface area is 149 Å². The summed E-state index contributed by atoms with van der Waals surface area (Å²) in [5, 5.41) is 5.56. The van der Waals surface area contributed by atoms with Crippen molar-refractivity contribution in [2.24, 2.45) is 0 Å². The quantitative estimate of drug-likeness (QED) is 0.673. The van der Waals surface area contributed by atoms with Crippen molar-refractivity contribution >= 4 is 17.5 Å². The molecule has 7 heteroatoms. The Bertz CT molecular complexity index is 577. The number of likely N-dealkylation sites (N-methyl/N-ethyl adjacent to an activating group) is 2. The van der Waals surface area contributed by atoms with Gasteiger partial charge in [-0.25, -0.2) is 0 Å². The van der Waals surface area contributed by atoms with Crippen LogP contribution in [0.4, 0.5) is 5.69 Å². The minimum absolute atomic E-state index is 0.0995. The second-order valence-electron chi connectivity index (χ2n) is 5.56. The molecule has 0 aliphatic heterocycles. The zero-order chi connectivity index (χ0) is 18.8. The highest BCUT2D eigenvalue weighted by molar-refractivity contribution is 5.93. The van der Waals surface area contributed by atoms with Gasteiger partial charge in [-0.05, 0) is 46.9 Å². The van der Waals surface area contributed by atoms with Gasteiger partial charge in [-0.3, -0.25) is 14.5 Å². The molecule has 0 aliphatic rings. The zero-order valence-electron chi connectivity index (χ0n) is 15.7. The molecule has 0 radical (unpaired) electrons. The number of carbonyl (C=O) groups is 2. The van der Waals surface area contributed by atoms with Crippen molar-refractivity contribution < 1.29 is 19.1 Å². The lowest BCUT2D eigenvalue weighted by molar-refractivity contribution is -0.126. The van der Waals surface area contributed by atoms with Crippen LogP contribution in [0.1, 0.15) is 27.7 Å². The van der Waals surface area contributed by atoms with Crippen molar-refractivity contribution in [1.82, 2.24) is 10.2 Å². The highest BCUT2D eigenvalue weighted by atomic mass is 16.5. The van der Waals surface area contributed by atoms with Gasteiger partial charge in [0.2, 0.25) is 11.8 Å². The van der Waals surface area contributed by atoms with Crippen LogP contribution in [0.25, 0.3) is 0 Å². The van der Waals surface area contributed by atoms with Crippen LogP contribution in [0, 0.1) is 0 Å². The van der Waals surface area contributed by atoms with E-state index in [1.807, 2.05) is 20.8 Å². The van der Waals surface area contributed by atoms with Gasteiger partial charge in [0.1, 0.15) is 0 Å². The lowest BCUT2D eigenvalue weighted by Crippen LogP contribution is -2.45. The molecule has 0 bridgehead atoms. The van der Waals surface area contributed by atoms with Crippen LogP contribution in [0.5, 0.6) is 11.5 Å². The van der Waals surface area contributed by atoms with Crippen molar-refractivity contribution in [3.05, 3.63) is 18.2 Å². The van der Waals surface area contributed by atoms with Gasteiger partial charge in [-0.15, -0.1) is 0 Å². The van der Waals surface area contributed by atoms with Gasteiger partial charge in [0.05, 0.1) is 25.8 Å². The number of nitrogens with zero attached hydrogens (tertiary/aromatic N) is 1. The average Bonchev–Trinajstić information content (AvgIpc) is 2.57. The van der Waals surface area contributed by atoms with E-state index < -0.39 is 0 Å². The first-order chi connectivity index (χ1) is 11.9. The van der Waals surface area contributed by atoms with E-state index in [0.717, 1.165) is 0 Å². The molecule has 1 atom stereocenters. The van der Waals surface area contributed by atoms with E-state index in [2.05, 4.69) is 10.6 Å². The minimum atomic E-state index is -0.384. The summed E-state index contributed by atoms with van der Waals surface area (Å²) in [4.78, 5) is 25.7. The van der Waals surface area contributed by atoms with E-state index in [4.69, 9.17) is 9.47 Å². The predicted octanol–water partition coefficient (Wildman–Crippen LogP) is 1.88. The Hall–Kier alpha value is -2.28. The molecule has 0 heterocycles. The van der Waals surface area contributed by atoms with Crippen LogP contribution in [0.3, 0.4) is 0 Å². The summed E-state index contributed by atoms with van der Waals surface area (Å²) in [6.45, 7) is 9.13. The van der Waals surface area contributed by atoms with Gasteiger partial charge < -0.3 is 20.1 Å². The summed E-state index contributed by atoms with van der Waals surface area (Å²) in [6.07, 6.45) is 0. The lowest BCUT2D eigenvalue weighted by Gasteiger charge is -2.23. The Morgan fingerprint density at radius 1 is 1.12 bits per heavy atom. The molecule has 1 aromatic carbocycles. The number of hydrogen-bond donors (Lipinski definition) is 2. The number of carbonyl (C=O) groups excluding carboxylic acids is 2. The fourth-order valence-electron chi connectivity index (χ4n) is 2.21. The highest BCUT2D eigenvalue weighted by Gasteiger charge is 2.19. The second-order valence-corrected chi connectivity index (χ2v) is 5.56. The summed E-state index contributed by atoms with van der Waals surface area (Å²) in [5.41, 5.74) is 0.621. The van der Waals surface area contributed by atoms with Crippen LogP contribution < -0.4 is 20.1 Å². The molecular formula is C18H29N3O4.